The van der Waals surface area contributed by atoms with Gasteiger partial charge in [0.25, 0.3) is 5.91 Å². The second kappa shape index (κ2) is 7.68. The molecule has 7 heteroatoms. The summed E-state index contributed by atoms with van der Waals surface area (Å²) in [7, 11) is 0. The van der Waals surface area contributed by atoms with Gasteiger partial charge in [-0.25, -0.2) is 4.98 Å². The molecule has 1 saturated carbocycles. The number of pyridine rings is 2. The van der Waals surface area contributed by atoms with Gasteiger partial charge in [0.05, 0.1) is 24.3 Å². The Bertz CT molecular complexity index is 1240. The van der Waals surface area contributed by atoms with Crippen LogP contribution in [0.25, 0.3) is 0 Å². The number of aryl methyl sites for hydroxylation is 3. The summed E-state index contributed by atoms with van der Waals surface area (Å²) in [5.41, 5.74) is 7.29. The molecule has 1 amide bonds. The van der Waals surface area contributed by atoms with Crippen molar-refractivity contribution < 1.29 is 4.79 Å². The Morgan fingerprint density at radius 1 is 1.12 bits per heavy atom. The van der Waals surface area contributed by atoms with Crippen LogP contribution in [0.5, 0.6) is 0 Å². The summed E-state index contributed by atoms with van der Waals surface area (Å²) in [5.74, 6) is 2.79. The summed E-state index contributed by atoms with van der Waals surface area (Å²) in [6.07, 6.45) is 6.75. The normalized spacial score (nSPS) is 22.9. The van der Waals surface area contributed by atoms with Gasteiger partial charge in [-0.3, -0.25) is 14.5 Å². The zero-order valence-electron chi connectivity index (χ0n) is 19.5. The molecule has 0 spiro atoms. The van der Waals surface area contributed by atoms with Gasteiger partial charge in [0.1, 0.15) is 5.82 Å². The maximum absolute atomic E-state index is 12.9. The first-order valence-electron chi connectivity index (χ1n) is 12.0. The smallest absolute Gasteiger partial charge is 0.254 e. The molecule has 0 bridgehead atoms. The number of rotatable bonds is 5. The highest BCUT2D eigenvalue weighted by Gasteiger charge is 2.45. The van der Waals surface area contributed by atoms with Crippen LogP contribution in [0.1, 0.15) is 63.0 Å². The molecular weight excluding hydrogens is 412 g/mol. The van der Waals surface area contributed by atoms with Crippen molar-refractivity contribution in [2.24, 2.45) is 11.8 Å². The molecule has 0 radical (unpaired) electrons. The molecule has 6 rings (SSSR count). The molecule has 2 fully saturated rings. The van der Waals surface area contributed by atoms with E-state index in [0.717, 1.165) is 66.2 Å². The zero-order chi connectivity index (χ0) is 22.7. The highest BCUT2D eigenvalue weighted by molar-refractivity contribution is 5.94. The highest BCUT2D eigenvalue weighted by atomic mass is 16.1. The first kappa shape index (κ1) is 20.4. The molecule has 33 heavy (non-hydrogen) atoms. The number of aromatic nitrogens is 4. The van der Waals surface area contributed by atoms with Gasteiger partial charge in [-0.15, -0.1) is 0 Å². The number of hydrogen-bond acceptors (Lipinski definition) is 5. The summed E-state index contributed by atoms with van der Waals surface area (Å²) in [5, 5.41) is 7.65. The van der Waals surface area contributed by atoms with Gasteiger partial charge in [-0.2, -0.15) is 5.10 Å². The van der Waals surface area contributed by atoms with E-state index in [1.165, 1.54) is 17.5 Å². The van der Waals surface area contributed by atoms with E-state index in [1.807, 2.05) is 17.8 Å². The summed E-state index contributed by atoms with van der Waals surface area (Å²) < 4.78 is 1.82. The number of nitrogens with zero attached hydrogens (tertiary/aromatic N) is 5. The third kappa shape index (κ3) is 3.79. The second-order valence-electron chi connectivity index (χ2n) is 9.98. The average Bonchev–Trinajstić information content (AvgIpc) is 3.16. The van der Waals surface area contributed by atoms with Crippen molar-refractivity contribution in [1.29, 1.82) is 0 Å². The molecule has 3 aromatic rings. The third-order valence-electron chi connectivity index (χ3n) is 7.57. The van der Waals surface area contributed by atoms with Crippen molar-refractivity contribution in [3.63, 3.8) is 0 Å². The van der Waals surface area contributed by atoms with Gasteiger partial charge < -0.3 is 10.2 Å². The summed E-state index contributed by atoms with van der Waals surface area (Å²) in [4.78, 5) is 24.8. The molecule has 2 aliphatic carbocycles. The molecule has 4 heterocycles. The lowest BCUT2D eigenvalue weighted by Gasteiger charge is -2.20. The van der Waals surface area contributed by atoms with Gasteiger partial charge in [0.2, 0.25) is 0 Å². The molecule has 2 unspecified atom stereocenters. The van der Waals surface area contributed by atoms with Gasteiger partial charge in [-0.05, 0) is 80.7 Å². The van der Waals surface area contributed by atoms with Crippen LogP contribution in [0, 0.1) is 32.6 Å². The van der Waals surface area contributed by atoms with Crippen molar-refractivity contribution in [3.8, 4) is 0 Å². The number of carbonyl (C=O) groups is 1. The predicted molar refractivity (Wildman–Crippen MR) is 126 cm³/mol. The number of carbonyl (C=O) groups excluding carboxylic acids is 1. The molecule has 3 atom stereocenters. The molecule has 170 valence electrons. The molecule has 3 aliphatic rings. The van der Waals surface area contributed by atoms with E-state index in [9.17, 15) is 4.79 Å². The van der Waals surface area contributed by atoms with Gasteiger partial charge in [-0.1, -0.05) is 6.07 Å². The molecule has 1 saturated heterocycles. The van der Waals surface area contributed by atoms with Crippen LogP contribution in [0.15, 0.2) is 30.6 Å². The first-order chi connectivity index (χ1) is 15.9. The van der Waals surface area contributed by atoms with Crippen LogP contribution in [0.3, 0.4) is 0 Å². The van der Waals surface area contributed by atoms with Crippen LogP contribution >= 0.6 is 0 Å². The van der Waals surface area contributed by atoms with Gasteiger partial charge in [0, 0.05) is 36.4 Å². The Morgan fingerprint density at radius 3 is 2.73 bits per heavy atom. The Hall–Kier alpha value is -3.22. The molecular formula is C26H30N6O. The fourth-order valence-electron chi connectivity index (χ4n) is 5.60. The fourth-order valence-corrected chi connectivity index (χ4v) is 5.60. The van der Waals surface area contributed by atoms with Crippen molar-refractivity contribution in [2.45, 2.75) is 52.6 Å². The van der Waals surface area contributed by atoms with Gasteiger partial charge >= 0.3 is 0 Å². The maximum atomic E-state index is 12.9. The molecule has 3 aromatic heterocycles. The van der Waals surface area contributed by atoms with E-state index < -0.39 is 0 Å². The summed E-state index contributed by atoms with van der Waals surface area (Å²) in [6.45, 7) is 9.02. The summed E-state index contributed by atoms with van der Waals surface area (Å²) in [6, 6.07) is 6.42. The third-order valence-corrected chi connectivity index (χ3v) is 7.57. The highest BCUT2D eigenvalue weighted by Crippen LogP contribution is 2.46. The minimum atomic E-state index is -0.0796. The van der Waals surface area contributed by atoms with Crippen LogP contribution < -0.4 is 10.2 Å². The monoisotopic (exact) mass is 442 g/mol. The topological polar surface area (TPSA) is 75.9 Å². The minimum Gasteiger partial charge on any atom is -0.356 e. The van der Waals surface area contributed by atoms with E-state index in [1.54, 1.807) is 6.20 Å². The number of amides is 1. The Kier molecular flexibility index (Phi) is 4.75. The number of anilines is 1. The van der Waals surface area contributed by atoms with E-state index in [0.29, 0.717) is 12.1 Å². The molecule has 0 aromatic carbocycles. The average molecular weight is 443 g/mol. The maximum Gasteiger partial charge on any atom is 0.254 e. The number of hydrogen-bond donors (Lipinski definition) is 1. The van der Waals surface area contributed by atoms with Crippen molar-refractivity contribution in [1.82, 2.24) is 25.1 Å². The number of piperidine rings is 1. The van der Waals surface area contributed by atoms with E-state index in [4.69, 9.17) is 4.98 Å². The van der Waals surface area contributed by atoms with Crippen LogP contribution in [0.2, 0.25) is 0 Å². The van der Waals surface area contributed by atoms with Crippen molar-refractivity contribution >= 4 is 11.7 Å². The number of nitrogens with one attached hydrogen (secondary N) is 1. The lowest BCUT2D eigenvalue weighted by atomic mass is 10.1. The Balaban J connectivity index is 1.12. The lowest BCUT2D eigenvalue weighted by molar-refractivity contribution is 0.0936. The first-order valence-corrected chi connectivity index (χ1v) is 12.0. The van der Waals surface area contributed by atoms with Crippen molar-refractivity contribution in [3.05, 3.63) is 69.9 Å². The van der Waals surface area contributed by atoms with E-state index >= 15 is 0 Å². The largest absolute Gasteiger partial charge is 0.356 e. The lowest BCUT2D eigenvalue weighted by Crippen LogP contribution is -2.27. The Labute approximate surface area is 194 Å². The van der Waals surface area contributed by atoms with Crippen molar-refractivity contribution in [2.75, 3.05) is 18.0 Å². The van der Waals surface area contributed by atoms with Crippen LogP contribution in [0.4, 0.5) is 5.82 Å². The number of fused-ring (bicyclic) bond motifs is 2. The standard InChI is InChI=1S/C26H30N6O/c1-15-8-23-22(17(3)28-15)5-6-24(23)30-26(33)21-10-27-32(14-21)13-18-4-7-25(29-16(18)2)31-11-19-9-20(19)12-31/h4,7-8,10,14,19-20,24H,5-6,9,11-13H2,1-3H3,(H,30,33)/t19?,20?,24-/m1/s1. The minimum absolute atomic E-state index is 0.0341. The zero-order valence-corrected chi connectivity index (χ0v) is 19.5. The predicted octanol–water partition coefficient (Wildman–Crippen LogP) is 3.52. The molecule has 1 N–H and O–H groups in total. The molecule has 1 aliphatic heterocycles. The quantitative estimate of drug-likeness (QED) is 0.654. The van der Waals surface area contributed by atoms with Crippen LogP contribution in [-0.4, -0.2) is 38.7 Å². The summed E-state index contributed by atoms with van der Waals surface area (Å²) >= 11 is 0. The Morgan fingerprint density at radius 2 is 1.94 bits per heavy atom. The molecule has 7 nitrogen and oxygen atoms in total. The van der Waals surface area contributed by atoms with Crippen LogP contribution in [-0.2, 0) is 13.0 Å². The SMILES string of the molecule is Cc1cc2c(c(C)n1)CC[C@H]2NC(=O)c1cnn(Cc2ccc(N3CC4CC4C3)nc2C)c1. The second-order valence-corrected chi connectivity index (χ2v) is 9.98. The fraction of sp³-hybridized carbons (Fsp3) is 0.462. The van der Waals surface area contributed by atoms with E-state index in [2.05, 4.69) is 52.3 Å². The van der Waals surface area contributed by atoms with Gasteiger partial charge in [0.15, 0.2) is 0 Å². The van der Waals surface area contributed by atoms with E-state index in [-0.39, 0.29) is 11.9 Å².